The van der Waals surface area contributed by atoms with Crippen molar-refractivity contribution in [3.63, 3.8) is 0 Å². The standard InChI is InChI=1S/C18H15NO3S/c1-11-5-3-8-15(12(11)2)19-17(21)16(23-18(19)22)10-13-6-4-7-14(20)9-13/h3-10,20H,1-2H3/b16-10-. The minimum absolute atomic E-state index is 0.118. The van der Waals surface area contributed by atoms with Gasteiger partial charge in [0, 0.05) is 0 Å². The van der Waals surface area contributed by atoms with Gasteiger partial charge in [-0.05, 0) is 66.6 Å². The molecular formula is C18H15NO3S. The predicted molar refractivity (Wildman–Crippen MR) is 92.5 cm³/mol. The maximum absolute atomic E-state index is 12.6. The number of carbonyl (C=O) groups excluding carboxylic acids is 2. The number of aromatic hydroxyl groups is 1. The Labute approximate surface area is 138 Å². The first-order valence-corrected chi connectivity index (χ1v) is 7.92. The third-order valence-corrected chi connectivity index (χ3v) is 4.65. The molecule has 4 nitrogen and oxygen atoms in total. The average Bonchev–Trinajstić information content (AvgIpc) is 2.77. The number of phenolic OH excluding ortho intramolecular Hbond substituents is 1. The summed E-state index contributed by atoms with van der Waals surface area (Å²) < 4.78 is 0. The van der Waals surface area contributed by atoms with Crippen LogP contribution in [0.2, 0.25) is 0 Å². The third-order valence-electron chi connectivity index (χ3n) is 3.78. The zero-order valence-corrected chi connectivity index (χ0v) is 13.6. The number of hydrogen-bond donors (Lipinski definition) is 1. The summed E-state index contributed by atoms with van der Waals surface area (Å²) in [4.78, 5) is 26.5. The van der Waals surface area contributed by atoms with Crippen LogP contribution in [0.15, 0.2) is 47.4 Å². The Morgan fingerprint density at radius 3 is 2.57 bits per heavy atom. The lowest BCUT2D eigenvalue weighted by Gasteiger charge is -2.16. The molecule has 1 saturated heterocycles. The Morgan fingerprint density at radius 1 is 1.09 bits per heavy atom. The van der Waals surface area contributed by atoms with E-state index in [1.165, 1.54) is 4.90 Å². The van der Waals surface area contributed by atoms with Gasteiger partial charge in [0.2, 0.25) is 0 Å². The predicted octanol–water partition coefficient (Wildman–Crippen LogP) is 4.25. The number of hydrogen-bond acceptors (Lipinski definition) is 4. The number of carbonyl (C=O) groups is 2. The number of rotatable bonds is 2. The number of thioether (sulfide) groups is 1. The molecule has 1 fully saturated rings. The van der Waals surface area contributed by atoms with E-state index < -0.39 is 0 Å². The summed E-state index contributed by atoms with van der Waals surface area (Å²) in [7, 11) is 0. The molecular weight excluding hydrogens is 310 g/mol. The van der Waals surface area contributed by atoms with Crippen molar-refractivity contribution < 1.29 is 14.7 Å². The lowest BCUT2D eigenvalue weighted by atomic mass is 10.1. The summed E-state index contributed by atoms with van der Waals surface area (Å²) in [5.74, 6) is -0.218. The van der Waals surface area contributed by atoms with Crippen LogP contribution in [-0.4, -0.2) is 16.3 Å². The van der Waals surface area contributed by atoms with Crippen LogP contribution in [0.25, 0.3) is 6.08 Å². The number of anilines is 1. The molecule has 23 heavy (non-hydrogen) atoms. The van der Waals surface area contributed by atoms with Crippen molar-refractivity contribution in [2.75, 3.05) is 4.90 Å². The average molecular weight is 325 g/mol. The second kappa shape index (κ2) is 5.93. The van der Waals surface area contributed by atoms with Gasteiger partial charge in [0.15, 0.2) is 0 Å². The minimum Gasteiger partial charge on any atom is -0.508 e. The molecule has 1 heterocycles. The Balaban J connectivity index is 1.99. The van der Waals surface area contributed by atoms with Gasteiger partial charge >= 0.3 is 0 Å². The van der Waals surface area contributed by atoms with Crippen molar-refractivity contribution in [1.82, 2.24) is 0 Å². The first kappa shape index (κ1) is 15.4. The summed E-state index contributed by atoms with van der Waals surface area (Å²) in [6.45, 7) is 3.84. The van der Waals surface area contributed by atoms with E-state index in [-0.39, 0.29) is 16.9 Å². The Bertz CT molecular complexity index is 842. The lowest BCUT2D eigenvalue weighted by Crippen LogP contribution is -2.28. The highest BCUT2D eigenvalue weighted by Gasteiger charge is 2.37. The van der Waals surface area contributed by atoms with Crippen LogP contribution in [0.4, 0.5) is 10.5 Å². The first-order chi connectivity index (χ1) is 11.0. The van der Waals surface area contributed by atoms with Crippen LogP contribution in [0, 0.1) is 13.8 Å². The van der Waals surface area contributed by atoms with Crippen molar-refractivity contribution in [3.05, 3.63) is 64.1 Å². The molecule has 1 N–H and O–H groups in total. The Hall–Kier alpha value is -2.53. The molecule has 0 aromatic heterocycles. The molecule has 0 saturated carbocycles. The van der Waals surface area contributed by atoms with Crippen LogP contribution in [0.3, 0.4) is 0 Å². The first-order valence-electron chi connectivity index (χ1n) is 7.10. The number of benzene rings is 2. The fraction of sp³-hybridized carbons (Fsp3) is 0.111. The molecule has 3 rings (SSSR count). The fourth-order valence-corrected chi connectivity index (χ4v) is 3.25. The number of imide groups is 1. The van der Waals surface area contributed by atoms with Gasteiger partial charge in [0.05, 0.1) is 10.6 Å². The Morgan fingerprint density at radius 2 is 1.83 bits per heavy atom. The van der Waals surface area contributed by atoms with Gasteiger partial charge in [-0.2, -0.15) is 0 Å². The van der Waals surface area contributed by atoms with Crippen LogP contribution in [-0.2, 0) is 4.79 Å². The van der Waals surface area contributed by atoms with Gasteiger partial charge in [-0.1, -0.05) is 24.3 Å². The minimum atomic E-state index is -0.336. The lowest BCUT2D eigenvalue weighted by molar-refractivity contribution is -0.113. The van der Waals surface area contributed by atoms with Crippen molar-refractivity contribution >= 4 is 34.7 Å². The monoisotopic (exact) mass is 325 g/mol. The largest absolute Gasteiger partial charge is 0.508 e. The van der Waals surface area contributed by atoms with E-state index in [0.717, 1.165) is 22.9 Å². The number of aryl methyl sites for hydroxylation is 1. The van der Waals surface area contributed by atoms with Crippen molar-refractivity contribution in [2.24, 2.45) is 0 Å². The van der Waals surface area contributed by atoms with Crippen LogP contribution >= 0.6 is 11.8 Å². The van der Waals surface area contributed by atoms with Gasteiger partial charge in [-0.15, -0.1) is 0 Å². The van der Waals surface area contributed by atoms with Crippen molar-refractivity contribution in [1.29, 1.82) is 0 Å². The van der Waals surface area contributed by atoms with Crippen molar-refractivity contribution in [2.45, 2.75) is 13.8 Å². The summed E-state index contributed by atoms with van der Waals surface area (Å²) in [6.07, 6.45) is 1.62. The van der Waals surface area contributed by atoms with Gasteiger partial charge in [-0.3, -0.25) is 9.59 Å². The van der Waals surface area contributed by atoms with Crippen LogP contribution in [0.5, 0.6) is 5.75 Å². The van der Waals surface area contributed by atoms with E-state index in [2.05, 4.69) is 0 Å². The summed E-state index contributed by atoms with van der Waals surface area (Å²) in [6, 6.07) is 12.1. The second-order valence-electron chi connectivity index (χ2n) is 5.33. The molecule has 0 radical (unpaired) electrons. The summed E-state index contributed by atoms with van der Waals surface area (Å²) in [5, 5.41) is 9.19. The molecule has 0 spiro atoms. The van der Waals surface area contributed by atoms with Crippen LogP contribution in [0.1, 0.15) is 16.7 Å². The van der Waals surface area contributed by atoms with E-state index in [0.29, 0.717) is 16.2 Å². The molecule has 0 aliphatic carbocycles. The molecule has 116 valence electrons. The van der Waals surface area contributed by atoms with Crippen molar-refractivity contribution in [3.8, 4) is 5.75 Å². The number of phenols is 1. The van der Waals surface area contributed by atoms with Gasteiger partial charge in [0.1, 0.15) is 5.75 Å². The second-order valence-corrected chi connectivity index (χ2v) is 6.32. The highest BCUT2D eigenvalue weighted by molar-refractivity contribution is 8.19. The number of amides is 2. The fourth-order valence-electron chi connectivity index (χ4n) is 2.42. The van der Waals surface area contributed by atoms with Gasteiger partial charge < -0.3 is 5.11 Å². The van der Waals surface area contributed by atoms with Crippen LogP contribution < -0.4 is 4.90 Å². The molecule has 2 aromatic rings. The highest BCUT2D eigenvalue weighted by Crippen LogP contribution is 2.37. The molecule has 1 aliphatic rings. The van der Waals surface area contributed by atoms with Gasteiger partial charge in [0.25, 0.3) is 11.1 Å². The highest BCUT2D eigenvalue weighted by atomic mass is 32.2. The quantitative estimate of drug-likeness (QED) is 0.839. The maximum Gasteiger partial charge on any atom is 0.298 e. The normalized spacial score (nSPS) is 16.4. The van der Waals surface area contributed by atoms with E-state index in [4.69, 9.17) is 0 Å². The van der Waals surface area contributed by atoms with Gasteiger partial charge in [-0.25, -0.2) is 4.90 Å². The molecule has 2 amide bonds. The molecule has 0 bridgehead atoms. The molecule has 0 atom stereocenters. The molecule has 2 aromatic carbocycles. The molecule has 1 aliphatic heterocycles. The number of nitrogens with zero attached hydrogens (tertiary/aromatic N) is 1. The molecule has 0 unspecified atom stereocenters. The van der Waals surface area contributed by atoms with E-state index >= 15 is 0 Å². The zero-order chi connectivity index (χ0) is 16.6. The van der Waals surface area contributed by atoms with E-state index in [1.54, 1.807) is 36.4 Å². The maximum atomic E-state index is 12.6. The third kappa shape index (κ3) is 2.87. The zero-order valence-electron chi connectivity index (χ0n) is 12.7. The topological polar surface area (TPSA) is 57.6 Å². The Kier molecular flexibility index (Phi) is 3.96. The summed E-state index contributed by atoms with van der Waals surface area (Å²) in [5.41, 5.74) is 3.23. The van der Waals surface area contributed by atoms with E-state index in [1.807, 2.05) is 26.0 Å². The smallest absolute Gasteiger partial charge is 0.298 e. The molecule has 5 heteroatoms. The van der Waals surface area contributed by atoms with E-state index in [9.17, 15) is 14.7 Å². The SMILES string of the molecule is Cc1cccc(N2C(=O)S/C(=C\c3cccc(O)c3)C2=O)c1C. The summed E-state index contributed by atoms with van der Waals surface area (Å²) >= 11 is 0.909.